The zero-order valence-corrected chi connectivity index (χ0v) is 9.50. The van der Waals surface area contributed by atoms with Crippen molar-refractivity contribution in [1.29, 1.82) is 0 Å². The van der Waals surface area contributed by atoms with E-state index in [2.05, 4.69) is 4.90 Å². The summed E-state index contributed by atoms with van der Waals surface area (Å²) < 4.78 is 0. The molecule has 1 aliphatic carbocycles. The van der Waals surface area contributed by atoms with Gasteiger partial charge in [0.15, 0.2) is 0 Å². The molecule has 82 valence electrons. The van der Waals surface area contributed by atoms with Crippen molar-refractivity contribution in [3.8, 4) is 0 Å². The molecule has 2 nitrogen and oxygen atoms in total. The van der Waals surface area contributed by atoms with Crippen LogP contribution in [-0.2, 0) is 0 Å². The predicted molar refractivity (Wildman–Crippen MR) is 58.2 cm³/mol. The van der Waals surface area contributed by atoms with Gasteiger partial charge in [-0.25, -0.2) is 0 Å². The Morgan fingerprint density at radius 3 is 2.07 bits per heavy atom. The first-order valence-electron chi connectivity index (χ1n) is 5.99. The minimum Gasteiger partial charge on any atom is -0.389 e. The predicted octanol–water partition coefficient (Wildman–Crippen LogP) is 1.88. The normalized spacial score (nSPS) is 34.5. The van der Waals surface area contributed by atoms with Crippen molar-refractivity contribution >= 4 is 0 Å². The highest BCUT2D eigenvalue weighted by molar-refractivity contribution is 4.88. The first kappa shape index (κ1) is 10.4. The van der Waals surface area contributed by atoms with Gasteiger partial charge in [-0.2, -0.15) is 0 Å². The smallest absolute Gasteiger partial charge is 0.0718 e. The highest BCUT2D eigenvalue weighted by atomic mass is 16.3. The molecular formula is C12H23NO. The van der Waals surface area contributed by atoms with Crippen LogP contribution in [0.2, 0.25) is 0 Å². The lowest BCUT2D eigenvalue weighted by Gasteiger charge is -2.25. The second-order valence-corrected chi connectivity index (χ2v) is 5.81. The monoisotopic (exact) mass is 197 g/mol. The Morgan fingerprint density at radius 1 is 1.14 bits per heavy atom. The molecule has 14 heavy (non-hydrogen) atoms. The maximum atomic E-state index is 9.77. The van der Waals surface area contributed by atoms with Crippen molar-refractivity contribution in [3.63, 3.8) is 0 Å². The highest BCUT2D eigenvalue weighted by Gasteiger charge is 2.35. The van der Waals surface area contributed by atoms with Crippen LogP contribution in [-0.4, -0.2) is 35.2 Å². The molecule has 0 aromatic carbocycles. The second kappa shape index (κ2) is 3.82. The fraction of sp³-hybridized carbons (Fsp3) is 1.00. The van der Waals surface area contributed by atoms with Crippen molar-refractivity contribution in [2.24, 2.45) is 11.8 Å². The fourth-order valence-corrected chi connectivity index (χ4v) is 3.18. The summed E-state index contributed by atoms with van der Waals surface area (Å²) >= 11 is 0. The molecule has 0 bridgehead atoms. The van der Waals surface area contributed by atoms with Crippen LogP contribution in [0.5, 0.6) is 0 Å². The molecule has 1 heterocycles. The van der Waals surface area contributed by atoms with E-state index in [1.54, 1.807) is 0 Å². The van der Waals surface area contributed by atoms with Gasteiger partial charge in [0.1, 0.15) is 0 Å². The molecule has 0 aromatic heterocycles. The van der Waals surface area contributed by atoms with Crippen LogP contribution >= 0.6 is 0 Å². The topological polar surface area (TPSA) is 23.5 Å². The number of hydrogen-bond donors (Lipinski definition) is 1. The number of hydrogen-bond acceptors (Lipinski definition) is 2. The molecular weight excluding hydrogens is 174 g/mol. The van der Waals surface area contributed by atoms with Crippen molar-refractivity contribution in [2.75, 3.05) is 19.6 Å². The summed E-state index contributed by atoms with van der Waals surface area (Å²) in [4.78, 5) is 2.46. The van der Waals surface area contributed by atoms with E-state index in [9.17, 15) is 5.11 Å². The van der Waals surface area contributed by atoms with Crippen molar-refractivity contribution in [2.45, 2.75) is 45.1 Å². The molecule has 2 heteroatoms. The molecule has 2 atom stereocenters. The lowest BCUT2D eigenvalue weighted by molar-refractivity contribution is 0.0422. The van der Waals surface area contributed by atoms with Crippen LogP contribution in [0.4, 0.5) is 0 Å². The third-order valence-corrected chi connectivity index (χ3v) is 3.66. The molecule has 1 saturated carbocycles. The third kappa shape index (κ3) is 2.48. The molecule has 2 aliphatic rings. The Kier molecular flexibility index (Phi) is 2.85. The van der Waals surface area contributed by atoms with Crippen LogP contribution in [0.25, 0.3) is 0 Å². The highest BCUT2D eigenvalue weighted by Crippen LogP contribution is 2.36. The van der Waals surface area contributed by atoms with Gasteiger partial charge in [0.25, 0.3) is 0 Å². The van der Waals surface area contributed by atoms with Crippen LogP contribution in [0.1, 0.15) is 39.5 Å². The van der Waals surface area contributed by atoms with Crippen molar-refractivity contribution in [1.82, 2.24) is 4.90 Å². The lowest BCUT2D eigenvalue weighted by atomic mass is 9.82. The van der Waals surface area contributed by atoms with Gasteiger partial charge >= 0.3 is 0 Å². The molecule has 2 fully saturated rings. The second-order valence-electron chi connectivity index (χ2n) is 5.81. The van der Waals surface area contributed by atoms with E-state index in [1.807, 2.05) is 13.8 Å². The van der Waals surface area contributed by atoms with E-state index < -0.39 is 5.60 Å². The fourth-order valence-electron chi connectivity index (χ4n) is 3.18. The minimum absolute atomic E-state index is 0.520. The van der Waals surface area contributed by atoms with Crippen molar-refractivity contribution in [3.05, 3.63) is 0 Å². The lowest BCUT2D eigenvalue weighted by Crippen LogP contribution is -2.37. The van der Waals surface area contributed by atoms with Gasteiger partial charge in [0.05, 0.1) is 5.60 Å². The number of β-amino-alcohol motifs (C(OH)–C–C–N with tert-alkyl or cyclic N) is 1. The largest absolute Gasteiger partial charge is 0.389 e. The molecule has 1 N–H and O–H groups in total. The average molecular weight is 197 g/mol. The van der Waals surface area contributed by atoms with E-state index in [0.29, 0.717) is 0 Å². The summed E-state index contributed by atoms with van der Waals surface area (Å²) in [6.07, 6.45) is 5.70. The molecule has 0 unspecified atom stereocenters. The first-order chi connectivity index (χ1) is 6.54. The zero-order chi connectivity index (χ0) is 10.2. The summed E-state index contributed by atoms with van der Waals surface area (Å²) in [7, 11) is 0. The molecule has 1 aliphatic heterocycles. The van der Waals surface area contributed by atoms with Gasteiger partial charge in [0.2, 0.25) is 0 Å². The van der Waals surface area contributed by atoms with Gasteiger partial charge in [-0.05, 0) is 38.5 Å². The molecule has 0 aromatic rings. The van der Waals surface area contributed by atoms with Gasteiger partial charge in [-0.15, -0.1) is 0 Å². The Bertz CT molecular complexity index is 183. The van der Waals surface area contributed by atoms with E-state index in [4.69, 9.17) is 0 Å². The number of rotatable bonds is 2. The summed E-state index contributed by atoms with van der Waals surface area (Å²) in [5.41, 5.74) is -0.520. The van der Waals surface area contributed by atoms with Crippen molar-refractivity contribution < 1.29 is 5.11 Å². The summed E-state index contributed by atoms with van der Waals surface area (Å²) in [6.45, 7) is 7.13. The van der Waals surface area contributed by atoms with Gasteiger partial charge in [0, 0.05) is 19.6 Å². The third-order valence-electron chi connectivity index (χ3n) is 3.66. The minimum atomic E-state index is -0.520. The molecule has 0 radical (unpaired) electrons. The quantitative estimate of drug-likeness (QED) is 0.730. The molecule has 1 saturated heterocycles. The standard InChI is InChI=1S/C12H23NO/c1-12(2,14)9-13-7-10-5-3-4-6-11(10)8-13/h10-11,14H,3-9H2,1-2H3/t10-,11+. The number of aliphatic hydroxyl groups is 1. The Labute approximate surface area is 87.3 Å². The van der Waals surface area contributed by atoms with Crippen LogP contribution < -0.4 is 0 Å². The molecule has 2 rings (SSSR count). The SMILES string of the molecule is CC(C)(O)CN1C[C@H]2CCCC[C@H]2C1. The molecule has 0 amide bonds. The van der Waals surface area contributed by atoms with E-state index in [0.717, 1.165) is 18.4 Å². The van der Waals surface area contributed by atoms with E-state index in [1.165, 1.54) is 38.8 Å². The maximum absolute atomic E-state index is 9.77. The number of likely N-dealkylation sites (tertiary alicyclic amines) is 1. The first-order valence-corrected chi connectivity index (χ1v) is 5.99. The summed E-state index contributed by atoms with van der Waals surface area (Å²) in [5.74, 6) is 1.87. The van der Waals surface area contributed by atoms with Gasteiger partial charge in [-0.1, -0.05) is 12.8 Å². The zero-order valence-electron chi connectivity index (χ0n) is 9.50. The van der Waals surface area contributed by atoms with Crippen LogP contribution in [0.15, 0.2) is 0 Å². The number of fused-ring (bicyclic) bond motifs is 1. The Balaban J connectivity index is 1.87. The Morgan fingerprint density at radius 2 is 1.64 bits per heavy atom. The van der Waals surface area contributed by atoms with Gasteiger partial charge < -0.3 is 5.11 Å². The maximum Gasteiger partial charge on any atom is 0.0718 e. The van der Waals surface area contributed by atoms with Crippen LogP contribution in [0.3, 0.4) is 0 Å². The number of nitrogens with zero attached hydrogens (tertiary/aromatic N) is 1. The van der Waals surface area contributed by atoms with Gasteiger partial charge in [-0.3, -0.25) is 4.90 Å². The molecule has 0 spiro atoms. The van der Waals surface area contributed by atoms with E-state index >= 15 is 0 Å². The van der Waals surface area contributed by atoms with Crippen LogP contribution in [0, 0.1) is 11.8 Å². The Hall–Kier alpha value is -0.0800. The average Bonchev–Trinajstić information content (AvgIpc) is 2.42. The summed E-state index contributed by atoms with van der Waals surface area (Å²) in [5, 5.41) is 9.77. The summed E-state index contributed by atoms with van der Waals surface area (Å²) in [6, 6.07) is 0. The van der Waals surface area contributed by atoms with E-state index in [-0.39, 0.29) is 0 Å².